The van der Waals surface area contributed by atoms with E-state index in [1.165, 1.54) is 31.2 Å². The number of likely N-dealkylation sites (N-methyl/N-ethyl adjacent to an activating group) is 1. The summed E-state index contributed by atoms with van der Waals surface area (Å²) < 4.78 is 11.6. The second-order valence-corrected chi connectivity index (χ2v) is 12.6. The molecule has 1 aliphatic heterocycles. The smallest absolute Gasteiger partial charge is 0.338 e. The minimum absolute atomic E-state index is 0.00862. The molecule has 0 saturated carbocycles. The van der Waals surface area contributed by atoms with Gasteiger partial charge in [-0.2, -0.15) is 0 Å². The number of hydrogen-bond donors (Lipinski definition) is 4. The molecule has 3 amide bonds. The summed E-state index contributed by atoms with van der Waals surface area (Å²) in [6.45, 7) is 9.00. The quantitative estimate of drug-likeness (QED) is 0.246. The molecule has 0 bridgehead atoms. The fraction of sp³-hybridized carbons (Fsp3) is 0.444. The van der Waals surface area contributed by atoms with Crippen LogP contribution in [0.3, 0.4) is 0 Å². The van der Waals surface area contributed by atoms with E-state index in [9.17, 15) is 24.3 Å². The van der Waals surface area contributed by atoms with Gasteiger partial charge in [0.1, 0.15) is 23.9 Å². The van der Waals surface area contributed by atoms with Gasteiger partial charge in [0.15, 0.2) is 6.10 Å². The first kappa shape index (κ1) is 35.2. The largest absolute Gasteiger partial charge is 0.508 e. The zero-order valence-corrected chi connectivity index (χ0v) is 28.1. The van der Waals surface area contributed by atoms with Crippen molar-refractivity contribution >= 4 is 34.6 Å². The molecule has 2 aromatic carbocycles. The zero-order chi connectivity index (χ0) is 34.4. The summed E-state index contributed by atoms with van der Waals surface area (Å²) in [6, 6.07) is 10.7. The zero-order valence-electron chi connectivity index (χ0n) is 28.1. The Morgan fingerprint density at radius 2 is 1.64 bits per heavy atom. The number of esters is 1. The van der Waals surface area contributed by atoms with E-state index < -0.39 is 54.0 Å². The molecule has 0 radical (unpaired) electrons. The summed E-state index contributed by atoms with van der Waals surface area (Å²) in [7, 11) is 2.89. The van der Waals surface area contributed by atoms with E-state index in [1.807, 2.05) is 44.2 Å². The van der Waals surface area contributed by atoms with E-state index in [0.29, 0.717) is 12.0 Å². The molecular formula is C36H46N4O7. The number of hydrogen-bond acceptors (Lipinski definition) is 7. The van der Waals surface area contributed by atoms with Crippen LogP contribution in [0.4, 0.5) is 0 Å². The first-order valence-electron chi connectivity index (χ1n) is 15.9. The first-order chi connectivity index (χ1) is 22.3. The Kier molecular flexibility index (Phi) is 11.5. The van der Waals surface area contributed by atoms with Crippen LogP contribution >= 0.6 is 0 Å². The van der Waals surface area contributed by atoms with E-state index >= 15 is 0 Å². The molecule has 47 heavy (non-hydrogen) atoms. The molecule has 1 aliphatic rings. The lowest BCUT2D eigenvalue weighted by Gasteiger charge is -2.33. The number of para-hydroxylation sites is 1. The number of nitrogens with one attached hydrogen (secondary N) is 3. The molecular weight excluding hydrogens is 600 g/mol. The number of nitrogens with zero attached hydrogens (tertiary/aromatic N) is 1. The lowest BCUT2D eigenvalue weighted by Crippen LogP contribution is -2.56. The number of aromatic amines is 1. The number of allylic oxidation sites excluding steroid dienone is 1. The number of phenolic OH excluding ortho intramolecular Hbond substituents is 1. The van der Waals surface area contributed by atoms with Crippen LogP contribution in [0.15, 0.2) is 66.4 Å². The summed E-state index contributed by atoms with van der Waals surface area (Å²) in [6.07, 6.45) is 2.55. The number of rotatable bonds is 4. The second-order valence-electron chi connectivity index (χ2n) is 12.6. The van der Waals surface area contributed by atoms with Crippen molar-refractivity contribution in [1.82, 2.24) is 20.5 Å². The molecule has 4 rings (SSSR count). The summed E-state index contributed by atoms with van der Waals surface area (Å²) in [4.78, 5) is 59.6. The van der Waals surface area contributed by atoms with Crippen molar-refractivity contribution in [1.29, 1.82) is 0 Å². The van der Waals surface area contributed by atoms with Crippen LogP contribution in [0.2, 0.25) is 0 Å². The molecule has 252 valence electrons. The Hall–Kier alpha value is -4.64. The Morgan fingerprint density at radius 1 is 0.957 bits per heavy atom. The number of phenols is 1. The number of aromatic hydroxyl groups is 1. The molecule has 11 nitrogen and oxygen atoms in total. The van der Waals surface area contributed by atoms with Crippen LogP contribution in [-0.2, 0) is 35.1 Å². The fourth-order valence-electron chi connectivity index (χ4n) is 6.01. The number of H-pyrrole nitrogens is 1. The third-order valence-corrected chi connectivity index (χ3v) is 8.94. The van der Waals surface area contributed by atoms with Crippen molar-refractivity contribution in [2.45, 2.75) is 77.8 Å². The van der Waals surface area contributed by atoms with Gasteiger partial charge in [0.2, 0.25) is 17.7 Å². The number of benzene rings is 2. The molecule has 11 heteroatoms. The molecule has 0 aliphatic carbocycles. The van der Waals surface area contributed by atoms with Crippen LogP contribution in [-0.4, -0.2) is 77.1 Å². The Bertz CT molecular complexity index is 1610. The van der Waals surface area contributed by atoms with Crippen molar-refractivity contribution < 1.29 is 33.8 Å². The van der Waals surface area contributed by atoms with Gasteiger partial charge in [0.05, 0.1) is 6.04 Å². The van der Waals surface area contributed by atoms with E-state index in [-0.39, 0.29) is 24.0 Å². The average Bonchev–Trinajstić information content (AvgIpc) is 3.45. The van der Waals surface area contributed by atoms with E-state index in [0.717, 1.165) is 22.0 Å². The average molecular weight is 647 g/mol. The van der Waals surface area contributed by atoms with E-state index in [4.69, 9.17) is 9.47 Å². The maximum atomic E-state index is 14.4. The second kappa shape index (κ2) is 15.3. The molecule has 3 aromatic rings. The number of fused-ring (bicyclic) bond motifs is 1. The lowest BCUT2D eigenvalue weighted by molar-refractivity contribution is -0.164. The van der Waals surface area contributed by atoms with Crippen molar-refractivity contribution in [2.24, 2.45) is 11.8 Å². The summed E-state index contributed by atoms with van der Waals surface area (Å²) in [5.41, 5.74) is 3.11. The van der Waals surface area contributed by atoms with Crippen LogP contribution in [0.5, 0.6) is 5.75 Å². The van der Waals surface area contributed by atoms with Crippen LogP contribution in [0.25, 0.3) is 10.9 Å². The summed E-state index contributed by atoms with van der Waals surface area (Å²) in [5.74, 6) is -2.58. The Morgan fingerprint density at radius 3 is 2.32 bits per heavy atom. The number of cyclic esters (lactones) is 1. The van der Waals surface area contributed by atoms with Gasteiger partial charge in [-0.25, -0.2) is 4.79 Å². The van der Waals surface area contributed by atoms with Gasteiger partial charge in [-0.15, -0.1) is 0 Å². The topological polar surface area (TPSA) is 150 Å². The fourth-order valence-corrected chi connectivity index (χ4v) is 6.01. The van der Waals surface area contributed by atoms with Gasteiger partial charge < -0.3 is 35.1 Å². The third kappa shape index (κ3) is 8.40. The maximum absolute atomic E-state index is 14.4. The maximum Gasteiger partial charge on any atom is 0.338 e. The SMILES string of the molecule is CO[C@@H]1C(=O)O[C@H](C)[C@H](C)/C=C(/C)C[C@H](C)C(=O)N[C@@H](C)C(=O)N(C)[C@H](Cc2c[nH]c3ccccc23)C(=O)N[C@H]1c1ccc(O)cc1. The predicted octanol–water partition coefficient (Wildman–Crippen LogP) is 4.17. The molecule has 0 unspecified atom stereocenters. The minimum Gasteiger partial charge on any atom is -0.508 e. The molecule has 7 atom stereocenters. The molecule has 2 heterocycles. The highest BCUT2D eigenvalue weighted by atomic mass is 16.6. The highest BCUT2D eigenvalue weighted by Crippen LogP contribution is 2.27. The number of ether oxygens (including phenoxy) is 2. The van der Waals surface area contributed by atoms with E-state index in [2.05, 4.69) is 15.6 Å². The normalized spacial score (nSPS) is 28.4. The van der Waals surface area contributed by atoms with E-state index in [1.54, 1.807) is 39.1 Å². The third-order valence-electron chi connectivity index (χ3n) is 8.94. The number of aromatic nitrogens is 1. The summed E-state index contributed by atoms with van der Waals surface area (Å²) >= 11 is 0. The molecule has 4 N–H and O–H groups in total. The van der Waals surface area contributed by atoms with Crippen molar-refractivity contribution in [3.63, 3.8) is 0 Å². The van der Waals surface area contributed by atoms with Crippen LogP contribution in [0.1, 0.15) is 58.2 Å². The molecule has 1 aromatic heterocycles. The number of carbonyl (C=O) groups is 4. The van der Waals surface area contributed by atoms with Gasteiger partial charge in [-0.1, -0.05) is 55.8 Å². The van der Waals surface area contributed by atoms with Crippen LogP contribution < -0.4 is 10.6 Å². The monoisotopic (exact) mass is 646 g/mol. The number of carbonyl (C=O) groups excluding carboxylic acids is 4. The van der Waals surface area contributed by atoms with Crippen LogP contribution in [0, 0.1) is 11.8 Å². The number of methoxy groups -OCH3 is 1. The van der Waals surface area contributed by atoms with Gasteiger partial charge in [-0.3, -0.25) is 14.4 Å². The lowest BCUT2D eigenvalue weighted by atomic mass is 9.95. The predicted molar refractivity (Wildman–Crippen MR) is 178 cm³/mol. The summed E-state index contributed by atoms with van der Waals surface area (Å²) in [5, 5.41) is 16.7. The van der Waals surface area contributed by atoms with Gasteiger partial charge in [0.25, 0.3) is 0 Å². The van der Waals surface area contributed by atoms with Gasteiger partial charge >= 0.3 is 5.97 Å². The Balaban J connectivity index is 1.80. The van der Waals surface area contributed by atoms with Crippen molar-refractivity contribution in [3.8, 4) is 5.75 Å². The molecule has 0 saturated heterocycles. The van der Waals surface area contributed by atoms with Gasteiger partial charge in [-0.05, 0) is 56.5 Å². The highest BCUT2D eigenvalue weighted by Gasteiger charge is 2.38. The number of amides is 3. The highest BCUT2D eigenvalue weighted by molar-refractivity contribution is 5.93. The van der Waals surface area contributed by atoms with Crippen molar-refractivity contribution in [3.05, 3.63) is 77.5 Å². The van der Waals surface area contributed by atoms with Crippen molar-refractivity contribution in [2.75, 3.05) is 14.2 Å². The molecule has 0 spiro atoms. The minimum atomic E-state index is -1.25. The van der Waals surface area contributed by atoms with Gasteiger partial charge in [0, 0.05) is 49.5 Å². The molecule has 0 fully saturated rings. The standard InChI is InChI=1S/C36H46N4O7/c1-20-16-21(2)24(5)47-36(45)32(46-7)31(25-12-14-27(41)15-13-25)39-34(43)30(18-26-19-37-29-11-9-8-10-28(26)29)40(6)35(44)23(4)38-33(42)22(3)17-20/h8-16,19,21-24,30-32,37,41H,17-18H2,1-7H3,(H,38,42)(H,39,43)/b20-16-/t21-,22+,23+,24-,30-,31+,32+/m1/s1. The Labute approximate surface area is 275 Å². The first-order valence-corrected chi connectivity index (χ1v) is 15.9.